The van der Waals surface area contributed by atoms with Gasteiger partial charge in [-0.3, -0.25) is 4.90 Å². The largest absolute Gasteiger partial charge is 0.497 e. The highest BCUT2D eigenvalue weighted by Crippen LogP contribution is 2.14. The molecule has 0 amide bonds. The summed E-state index contributed by atoms with van der Waals surface area (Å²) < 4.78 is 10.4. The number of rotatable bonds is 4. The molecule has 0 unspecified atom stereocenters. The summed E-state index contributed by atoms with van der Waals surface area (Å²) in [5.41, 5.74) is 6.34. The lowest BCUT2D eigenvalue weighted by molar-refractivity contribution is 0.0158. The minimum absolute atomic E-state index is 0.283. The zero-order valence-corrected chi connectivity index (χ0v) is 11.2. The first-order valence-corrected chi connectivity index (χ1v) is 6.48. The van der Waals surface area contributed by atoms with E-state index in [9.17, 15) is 4.79 Å². The number of carbonyl (C=O) groups excluding carboxylic acids is 1. The summed E-state index contributed by atoms with van der Waals surface area (Å²) in [6, 6.07) is 7.24. The number of nitrogens with two attached hydrogens (primary N) is 1. The number of nitrogens with zero attached hydrogens (tertiary/aromatic N) is 1. The maximum atomic E-state index is 11.9. The van der Waals surface area contributed by atoms with Gasteiger partial charge < -0.3 is 15.2 Å². The molecule has 2 rings (SSSR count). The van der Waals surface area contributed by atoms with Crippen molar-refractivity contribution in [2.75, 3.05) is 26.9 Å². The van der Waals surface area contributed by atoms with Crippen molar-refractivity contribution >= 4 is 5.97 Å². The Morgan fingerprint density at radius 2 is 2.16 bits per heavy atom. The minimum Gasteiger partial charge on any atom is -0.497 e. The van der Waals surface area contributed by atoms with Crippen LogP contribution < -0.4 is 10.5 Å². The zero-order chi connectivity index (χ0) is 13.7. The lowest BCUT2D eigenvalue weighted by Gasteiger charge is -2.29. The van der Waals surface area contributed by atoms with E-state index in [-0.39, 0.29) is 12.0 Å². The van der Waals surface area contributed by atoms with Crippen molar-refractivity contribution in [1.82, 2.24) is 4.90 Å². The van der Waals surface area contributed by atoms with E-state index in [0.29, 0.717) is 18.0 Å². The maximum Gasteiger partial charge on any atom is 0.339 e. The van der Waals surface area contributed by atoms with Crippen molar-refractivity contribution < 1.29 is 14.3 Å². The number of hydrogen-bond donors (Lipinski definition) is 1. The highest BCUT2D eigenvalue weighted by Gasteiger charge is 2.17. The fraction of sp³-hybridized carbons (Fsp3) is 0.500. The maximum absolute atomic E-state index is 11.9. The summed E-state index contributed by atoms with van der Waals surface area (Å²) in [5.74, 6) is 0.326. The second-order valence-corrected chi connectivity index (χ2v) is 4.75. The molecule has 5 nitrogen and oxygen atoms in total. The molecule has 0 saturated carbocycles. The molecule has 0 aromatic heterocycles. The van der Waals surface area contributed by atoms with Gasteiger partial charge in [-0.05, 0) is 31.0 Å². The Balaban J connectivity index is 1.83. The fourth-order valence-electron chi connectivity index (χ4n) is 2.07. The Labute approximate surface area is 113 Å². The first-order valence-electron chi connectivity index (χ1n) is 6.48. The summed E-state index contributed by atoms with van der Waals surface area (Å²) in [4.78, 5) is 14.0. The molecule has 1 heterocycles. The Kier molecular flexibility index (Phi) is 4.76. The van der Waals surface area contributed by atoms with Crippen molar-refractivity contribution in [2.24, 2.45) is 5.73 Å². The van der Waals surface area contributed by atoms with Crippen LogP contribution in [0, 0.1) is 0 Å². The highest BCUT2D eigenvalue weighted by atomic mass is 16.5. The zero-order valence-electron chi connectivity index (χ0n) is 11.2. The van der Waals surface area contributed by atoms with Gasteiger partial charge in [-0.25, -0.2) is 4.79 Å². The topological polar surface area (TPSA) is 64.8 Å². The predicted octanol–water partition coefficient (Wildman–Crippen LogP) is 1.23. The molecule has 0 atom stereocenters. The van der Waals surface area contributed by atoms with E-state index < -0.39 is 0 Å². The van der Waals surface area contributed by atoms with Gasteiger partial charge in [-0.1, -0.05) is 6.07 Å². The molecule has 1 aromatic rings. The van der Waals surface area contributed by atoms with E-state index in [1.54, 1.807) is 31.4 Å². The Bertz CT molecular complexity index is 428. The number of esters is 1. The molecule has 2 N–H and O–H groups in total. The molecular formula is C14H20N2O3. The van der Waals surface area contributed by atoms with Crippen molar-refractivity contribution in [3.05, 3.63) is 29.8 Å². The van der Waals surface area contributed by atoms with E-state index in [1.165, 1.54) is 0 Å². The minimum atomic E-state index is -0.325. The molecule has 1 fully saturated rings. The van der Waals surface area contributed by atoms with Crippen LogP contribution in [0.2, 0.25) is 0 Å². The van der Waals surface area contributed by atoms with Crippen LogP contribution >= 0.6 is 0 Å². The van der Waals surface area contributed by atoms with E-state index in [2.05, 4.69) is 4.90 Å². The van der Waals surface area contributed by atoms with E-state index in [0.717, 1.165) is 25.9 Å². The number of likely N-dealkylation sites (tertiary alicyclic amines) is 1. The first kappa shape index (κ1) is 13.8. The van der Waals surface area contributed by atoms with Gasteiger partial charge >= 0.3 is 5.97 Å². The normalized spacial score (nSPS) is 17.2. The number of hydrogen-bond acceptors (Lipinski definition) is 5. The monoisotopic (exact) mass is 264 g/mol. The number of methoxy groups -OCH3 is 1. The number of carbonyl (C=O) groups is 1. The van der Waals surface area contributed by atoms with Crippen LogP contribution in [0.15, 0.2) is 24.3 Å². The van der Waals surface area contributed by atoms with Crippen molar-refractivity contribution in [3.63, 3.8) is 0 Å². The Morgan fingerprint density at radius 1 is 1.42 bits per heavy atom. The van der Waals surface area contributed by atoms with Gasteiger partial charge in [0.25, 0.3) is 0 Å². The molecule has 1 aliphatic rings. The molecular weight excluding hydrogens is 244 g/mol. The van der Waals surface area contributed by atoms with Crippen LogP contribution in [0.4, 0.5) is 0 Å². The molecule has 0 bridgehead atoms. The summed E-state index contributed by atoms with van der Waals surface area (Å²) >= 11 is 0. The van der Waals surface area contributed by atoms with Crippen LogP contribution in [0.1, 0.15) is 23.2 Å². The average Bonchev–Trinajstić information content (AvgIpc) is 2.46. The molecule has 1 aliphatic heterocycles. The second kappa shape index (κ2) is 6.54. The lowest BCUT2D eigenvalue weighted by Crippen LogP contribution is -2.41. The molecule has 1 saturated heterocycles. The summed E-state index contributed by atoms with van der Waals surface area (Å²) in [6.07, 6.45) is 1.91. The molecule has 104 valence electrons. The molecule has 19 heavy (non-hydrogen) atoms. The second-order valence-electron chi connectivity index (χ2n) is 4.75. The fourth-order valence-corrected chi connectivity index (χ4v) is 2.07. The Morgan fingerprint density at radius 3 is 2.84 bits per heavy atom. The predicted molar refractivity (Wildman–Crippen MR) is 72.1 cm³/mol. The third-order valence-corrected chi connectivity index (χ3v) is 3.32. The van der Waals surface area contributed by atoms with Gasteiger partial charge in [0.05, 0.1) is 12.7 Å². The average molecular weight is 264 g/mol. The van der Waals surface area contributed by atoms with E-state index in [4.69, 9.17) is 15.2 Å². The third kappa shape index (κ3) is 3.94. The van der Waals surface area contributed by atoms with Crippen LogP contribution in [-0.4, -0.2) is 43.8 Å². The standard InChI is InChI=1S/C14H20N2O3/c1-18-13-4-2-3-11(9-13)14(17)19-10-16-7-5-12(15)6-8-16/h2-4,9,12H,5-8,10,15H2,1H3. The van der Waals surface area contributed by atoms with Gasteiger partial charge in [-0.15, -0.1) is 0 Å². The number of benzene rings is 1. The smallest absolute Gasteiger partial charge is 0.339 e. The van der Waals surface area contributed by atoms with E-state index >= 15 is 0 Å². The first-order chi connectivity index (χ1) is 9.19. The van der Waals surface area contributed by atoms with Crippen molar-refractivity contribution in [1.29, 1.82) is 0 Å². The molecule has 0 spiro atoms. The van der Waals surface area contributed by atoms with Gasteiger partial charge in [-0.2, -0.15) is 0 Å². The number of ether oxygens (including phenoxy) is 2. The molecule has 5 heteroatoms. The quantitative estimate of drug-likeness (QED) is 0.829. The summed E-state index contributed by atoms with van der Waals surface area (Å²) in [7, 11) is 1.57. The molecule has 0 aliphatic carbocycles. The highest BCUT2D eigenvalue weighted by molar-refractivity contribution is 5.89. The lowest BCUT2D eigenvalue weighted by atomic mass is 10.1. The third-order valence-electron chi connectivity index (χ3n) is 3.32. The van der Waals surface area contributed by atoms with Crippen LogP contribution in [-0.2, 0) is 4.74 Å². The van der Waals surface area contributed by atoms with E-state index in [1.807, 2.05) is 0 Å². The Hall–Kier alpha value is -1.59. The van der Waals surface area contributed by atoms with Gasteiger partial charge in [0.15, 0.2) is 0 Å². The van der Waals surface area contributed by atoms with Gasteiger partial charge in [0, 0.05) is 19.1 Å². The summed E-state index contributed by atoms with van der Waals surface area (Å²) in [5, 5.41) is 0. The van der Waals surface area contributed by atoms with Crippen LogP contribution in [0.3, 0.4) is 0 Å². The molecule has 1 aromatic carbocycles. The molecule has 0 radical (unpaired) electrons. The van der Waals surface area contributed by atoms with Gasteiger partial charge in [0.1, 0.15) is 12.5 Å². The van der Waals surface area contributed by atoms with Crippen LogP contribution in [0.5, 0.6) is 5.75 Å². The summed E-state index contributed by atoms with van der Waals surface area (Å²) in [6.45, 7) is 2.09. The van der Waals surface area contributed by atoms with Crippen molar-refractivity contribution in [3.8, 4) is 5.75 Å². The SMILES string of the molecule is COc1cccc(C(=O)OCN2CCC(N)CC2)c1. The van der Waals surface area contributed by atoms with Crippen LogP contribution in [0.25, 0.3) is 0 Å². The number of piperidine rings is 1. The van der Waals surface area contributed by atoms with Gasteiger partial charge in [0.2, 0.25) is 0 Å². The van der Waals surface area contributed by atoms with Crippen molar-refractivity contribution in [2.45, 2.75) is 18.9 Å².